The normalized spacial score (nSPS) is 17.0. The lowest BCUT2D eigenvalue weighted by atomic mass is 9.97. The Labute approximate surface area is 274 Å². The summed E-state index contributed by atoms with van der Waals surface area (Å²) in [6.45, 7) is 1.89. The first-order chi connectivity index (χ1) is 22.2. The molecule has 46 heavy (non-hydrogen) atoms. The number of nitrogens with zero attached hydrogens (tertiary/aromatic N) is 7. The molecule has 1 aliphatic heterocycles. The molecule has 5 heterocycles. The van der Waals surface area contributed by atoms with Gasteiger partial charge in [0.1, 0.15) is 10.9 Å². The third-order valence-corrected chi connectivity index (χ3v) is 8.14. The van der Waals surface area contributed by atoms with E-state index in [9.17, 15) is 9.59 Å². The lowest BCUT2D eigenvalue weighted by Crippen LogP contribution is -2.28. The third kappa shape index (κ3) is 6.50. The zero-order valence-corrected chi connectivity index (χ0v) is 26.2. The van der Waals surface area contributed by atoms with Gasteiger partial charge in [-0.1, -0.05) is 36.5 Å². The van der Waals surface area contributed by atoms with Gasteiger partial charge in [0.05, 0.1) is 53.2 Å². The van der Waals surface area contributed by atoms with Crippen LogP contribution in [0.1, 0.15) is 37.9 Å². The Bertz CT molecular complexity index is 1990. The molecule has 0 saturated heterocycles. The number of nitrogens with two attached hydrogens (primary N) is 2. The number of amides is 1. The summed E-state index contributed by atoms with van der Waals surface area (Å²) in [7, 11) is 0. The first-order valence-electron chi connectivity index (χ1n) is 14.5. The molecular formula is C32H30Cl2N10O2. The number of aromatic nitrogens is 6. The molecule has 5 N–H and O–H groups in total. The lowest BCUT2D eigenvalue weighted by molar-refractivity contribution is -0.119. The average Bonchev–Trinajstić information content (AvgIpc) is 3.46. The average molecular weight is 658 g/mol. The van der Waals surface area contributed by atoms with Crippen LogP contribution in [-0.2, 0) is 4.79 Å². The summed E-state index contributed by atoms with van der Waals surface area (Å²) in [5.74, 6) is 5.78. The molecule has 0 radical (unpaired) electrons. The van der Waals surface area contributed by atoms with E-state index in [1.807, 2.05) is 31.2 Å². The van der Waals surface area contributed by atoms with Crippen molar-refractivity contribution in [2.75, 3.05) is 10.3 Å². The van der Waals surface area contributed by atoms with E-state index in [1.165, 1.54) is 23.6 Å². The van der Waals surface area contributed by atoms with Crippen LogP contribution in [0.2, 0.25) is 5.02 Å². The van der Waals surface area contributed by atoms with Gasteiger partial charge in [-0.3, -0.25) is 29.1 Å². The van der Waals surface area contributed by atoms with Gasteiger partial charge in [-0.15, -0.1) is 0 Å². The molecule has 12 nitrogen and oxygen atoms in total. The van der Waals surface area contributed by atoms with Gasteiger partial charge in [-0.25, -0.2) is 15.5 Å². The summed E-state index contributed by atoms with van der Waals surface area (Å²) >= 11 is 12.1. The summed E-state index contributed by atoms with van der Waals surface area (Å²) < 4.78 is 3.26. The molecule has 1 aromatic carbocycles. The number of hydrogen-bond acceptors (Lipinski definition) is 9. The number of halogens is 2. The number of rotatable bonds is 5. The van der Waals surface area contributed by atoms with Crippen molar-refractivity contribution in [1.29, 1.82) is 0 Å². The first kappa shape index (κ1) is 31.0. The van der Waals surface area contributed by atoms with Crippen LogP contribution in [0, 0.1) is 5.92 Å². The zero-order valence-electron chi connectivity index (χ0n) is 24.7. The number of hydrazine groups is 1. The molecule has 2 unspecified atom stereocenters. The highest BCUT2D eigenvalue weighted by Crippen LogP contribution is 2.34. The molecule has 4 aromatic heterocycles. The predicted molar refractivity (Wildman–Crippen MR) is 178 cm³/mol. The van der Waals surface area contributed by atoms with Crippen molar-refractivity contribution in [1.82, 2.24) is 29.3 Å². The van der Waals surface area contributed by atoms with E-state index in [0.717, 1.165) is 11.3 Å². The number of benzene rings is 1. The first-order valence-corrected chi connectivity index (χ1v) is 15.3. The van der Waals surface area contributed by atoms with E-state index < -0.39 is 6.04 Å². The minimum absolute atomic E-state index is 0.0212. The summed E-state index contributed by atoms with van der Waals surface area (Å²) in [6, 6.07) is 13.4. The Morgan fingerprint density at radius 1 is 1.07 bits per heavy atom. The van der Waals surface area contributed by atoms with Crippen LogP contribution in [0.3, 0.4) is 0 Å². The number of pyridine rings is 2. The van der Waals surface area contributed by atoms with Gasteiger partial charge in [0.2, 0.25) is 5.91 Å². The van der Waals surface area contributed by atoms with Crippen LogP contribution in [0.15, 0.2) is 95.8 Å². The maximum atomic E-state index is 13.8. The molecule has 2 atom stereocenters. The SMILES string of the molecule is CC1CCCC(n2cnc(-c3cc(Cl)ccc3N(N)/C=C(\N)Cl)cc2=O)c2cc(ccn2)-c2nn(-c3ccncc3)cc2NC1=O. The Hall–Kier alpha value is -5.04. The largest absolute Gasteiger partial charge is 0.388 e. The van der Waals surface area contributed by atoms with Crippen LogP contribution < -0.4 is 27.5 Å². The van der Waals surface area contributed by atoms with Crippen LogP contribution >= 0.6 is 23.2 Å². The Balaban J connectivity index is 1.43. The molecule has 0 spiro atoms. The highest BCUT2D eigenvalue weighted by Gasteiger charge is 2.24. The van der Waals surface area contributed by atoms with E-state index >= 15 is 0 Å². The van der Waals surface area contributed by atoms with E-state index in [2.05, 4.69) is 20.3 Å². The van der Waals surface area contributed by atoms with Gasteiger partial charge in [0, 0.05) is 46.7 Å². The Morgan fingerprint density at radius 3 is 2.63 bits per heavy atom. The second-order valence-electron chi connectivity index (χ2n) is 11.0. The molecule has 1 amide bonds. The fourth-order valence-electron chi connectivity index (χ4n) is 5.45. The van der Waals surface area contributed by atoms with E-state index in [0.29, 0.717) is 58.3 Å². The topological polar surface area (TPSA) is 163 Å². The van der Waals surface area contributed by atoms with Crippen molar-refractivity contribution >= 4 is 40.5 Å². The molecular weight excluding hydrogens is 627 g/mol. The smallest absolute Gasteiger partial charge is 0.254 e. The van der Waals surface area contributed by atoms with Crippen molar-refractivity contribution < 1.29 is 4.79 Å². The summed E-state index contributed by atoms with van der Waals surface area (Å²) in [6.07, 6.45) is 11.5. The summed E-state index contributed by atoms with van der Waals surface area (Å²) in [5.41, 5.74) is 10.0. The van der Waals surface area contributed by atoms with Crippen LogP contribution in [0.25, 0.3) is 28.2 Å². The molecule has 5 aromatic rings. The minimum Gasteiger partial charge on any atom is -0.388 e. The third-order valence-electron chi connectivity index (χ3n) is 7.80. The molecule has 2 bridgehead atoms. The molecule has 1 aliphatic rings. The van der Waals surface area contributed by atoms with Crippen LogP contribution in [0.4, 0.5) is 11.4 Å². The van der Waals surface area contributed by atoms with Gasteiger partial charge in [-0.05, 0) is 55.3 Å². The van der Waals surface area contributed by atoms with Crippen LogP contribution in [0.5, 0.6) is 0 Å². The van der Waals surface area contributed by atoms with Crippen molar-refractivity contribution in [2.45, 2.75) is 32.2 Å². The van der Waals surface area contributed by atoms with Crippen molar-refractivity contribution in [3.8, 4) is 28.2 Å². The molecule has 14 heteroatoms. The Morgan fingerprint density at radius 2 is 1.87 bits per heavy atom. The minimum atomic E-state index is -0.460. The molecule has 0 aliphatic carbocycles. The summed E-state index contributed by atoms with van der Waals surface area (Å²) in [4.78, 5) is 40.4. The molecule has 6 rings (SSSR count). The van der Waals surface area contributed by atoms with E-state index in [-0.39, 0.29) is 22.5 Å². The van der Waals surface area contributed by atoms with Gasteiger partial charge in [0.15, 0.2) is 0 Å². The molecule has 0 fully saturated rings. The zero-order chi connectivity index (χ0) is 32.4. The number of nitrogens with one attached hydrogen (secondary N) is 1. The number of carbonyl (C=O) groups excluding carboxylic acids is 1. The van der Waals surface area contributed by atoms with E-state index in [4.69, 9.17) is 39.9 Å². The number of carbonyl (C=O) groups is 1. The lowest BCUT2D eigenvalue weighted by Gasteiger charge is -2.22. The second kappa shape index (κ2) is 13.1. The van der Waals surface area contributed by atoms with Gasteiger partial charge < -0.3 is 11.1 Å². The fraction of sp³-hybridized carbons (Fsp3) is 0.188. The maximum Gasteiger partial charge on any atom is 0.254 e. The van der Waals surface area contributed by atoms with Gasteiger partial charge >= 0.3 is 0 Å². The summed E-state index contributed by atoms with van der Waals surface area (Å²) in [5, 5.41) is 9.53. The van der Waals surface area contributed by atoms with Gasteiger partial charge in [0.25, 0.3) is 5.56 Å². The highest BCUT2D eigenvalue weighted by atomic mass is 35.5. The van der Waals surface area contributed by atoms with Crippen molar-refractivity contribution in [2.24, 2.45) is 17.5 Å². The number of fused-ring (bicyclic) bond motifs is 4. The standard InChI is InChI=1S/C32H30Cl2N10O2/c1-19-3-2-4-28(42-18-39-24(15-30(42)45)23-14-21(33)5-6-27(23)43(36)17-29(34)35)25-13-20(7-12-38-25)31-26(40-32(19)46)16-44(41-31)22-8-10-37-11-9-22/h5-19,28H,2-4,35-36H2,1H3,(H,40,46)/b29-17-. The highest BCUT2D eigenvalue weighted by molar-refractivity contribution is 6.31. The maximum absolute atomic E-state index is 13.8. The Kier molecular flexibility index (Phi) is 8.84. The monoisotopic (exact) mass is 656 g/mol. The predicted octanol–water partition coefficient (Wildman–Crippen LogP) is 5.23. The quantitative estimate of drug-likeness (QED) is 0.131. The van der Waals surface area contributed by atoms with Crippen molar-refractivity contribution in [3.05, 3.63) is 112 Å². The molecule has 234 valence electrons. The number of hydrogen-bond donors (Lipinski definition) is 3. The van der Waals surface area contributed by atoms with Crippen molar-refractivity contribution in [3.63, 3.8) is 0 Å². The van der Waals surface area contributed by atoms with Crippen LogP contribution in [-0.4, -0.2) is 35.2 Å². The number of anilines is 2. The fourth-order valence-corrected chi connectivity index (χ4v) is 5.73. The van der Waals surface area contributed by atoms with E-state index in [1.54, 1.807) is 52.2 Å². The van der Waals surface area contributed by atoms with Gasteiger partial charge in [-0.2, -0.15) is 5.10 Å². The molecule has 0 saturated carbocycles. The second-order valence-corrected chi connectivity index (χ2v) is 11.8.